The predicted octanol–water partition coefficient (Wildman–Crippen LogP) is 2.35. The van der Waals surface area contributed by atoms with Gasteiger partial charge in [-0.2, -0.15) is 0 Å². The Kier molecular flexibility index (Phi) is 5.84. The van der Waals surface area contributed by atoms with Crippen LogP contribution in [0, 0.1) is 0 Å². The third kappa shape index (κ3) is 4.27. The monoisotopic (exact) mass is 389 g/mol. The molecule has 0 fully saturated rings. The number of hydrogen-bond acceptors (Lipinski definition) is 5. The number of nitrogens with one attached hydrogen (secondary N) is 2. The van der Waals surface area contributed by atoms with E-state index < -0.39 is 11.9 Å². The van der Waals surface area contributed by atoms with Crippen LogP contribution in [-0.4, -0.2) is 16.4 Å². The molecule has 0 aliphatic rings. The Hall–Kier alpha value is -2.06. The van der Waals surface area contributed by atoms with Crippen LogP contribution in [0.5, 0.6) is 0 Å². The molecule has 0 bridgehead atoms. The van der Waals surface area contributed by atoms with Gasteiger partial charge in [0.05, 0.1) is 21.2 Å². The smallest absolute Gasteiger partial charge is 0.346 e. The van der Waals surface area contributed by atoms with Crippen LogP contribution in [0.15, 0.2) is 35.3 Å². The first-order chi connectivity index (χ1) is 11.3. The molecule has 2 N–H and O–H groups in total. The lowest BCUT2D eigenvalue weighted by atomic mass is 10.2. The number of pyridine rings is 1. The van der Waals surface area contributed by atoms with Crippen LogP contribution in [0.4, 0.5) is 0 Å². The van der Waals surface area contributed by atoms with E-state index >= 15 is 0 Å². The summed E-state index contributed by atoms with van der Waals surface area (Å²) in [5, 5.41) is 0.334. The lowest BCUT2D eigenvalue weighted by Crippen LogP contribution is -2.39. The Morgan fingerprint density at radius 3 is 2.33 bits per heavy atom. The number of hydrogen-bond donors (Lipinski definition) is 2. The summed E-state index contributed by atoms with van der Waals surface area (Å²) in [6, 6.07) is 5.17. The van der Waals surface area contributed by atoms with Crippen LogP contribution in [-0.2, 0) is 11.9 Å². The zero-order valence-corrected chi connectivity index (χ0v) is 14.4. The topological polar surface area (TPSA) is 89.4 Å². The molecule has 7 nitrogen and oxygen atoms in total. The molecule has 0 radical (unpaired) electrons. The summed E-state index contributed by atoms with van der Waals surface area (Å²) >= 11 is 17.5. The fraction of sp³-hybridized carbons (Fsp3) is 0.0714. The Balaban J connectivity index is 1.99. The number of halogens is 3. The number of nitrogens with zero attached hydrogens (tertiary/aromatic N) is 1. The lowest BCUT2D eigenvalue weighted by Gasteiger charge is -2.10. The van der Waals surface area contributed by atoms with Crippen LogP contribution >= 0.6 is 34.8 Å². The van der Waals surface area contributed by atoms with Gasteiger partial charge < -0.3 is 9.40 Å². The fourth-order valence-corrected chi connectivity index (χ4v) is 2.66. The highest BCUT2D eigenvalue weighted by Crippen LogP contribution is 2.28. The molecule has 0 unspecified atom stereocenters. The van der Waals surface area contributed by atoms with E-state index in [0.29, 0.717) is 0 Å². The number of aryl methyl sites for hydroxylation is 1. The second kappa shape index (κ2) is 7.67. The number of rotatable bonds is 4. The van der Waals surface area contributed by atoms with E-state index in [0.717, 1.165) is 6.07 Å². The molecule has 10 heteroatoms. The molecule has 0 saturated heterocycles. The van der Waals surface area contributed by atoms with Crippen molar-refractivity contribution in [1.29, 1.82) is 0 Å². The quantitative estimate of drug-likeness (QED) is 0.782. The van der Waals surface area contributed by atoms with Gasteiger partial charge in [0.15, 0.2) is 0 Å². The van der Waals surface area contributed by atoms with Crippen LogP contribution in [0.25, 0.3) is 0 Å². The van der Waals surface area contributed by atoms with Crippen molar-refractivity contribution in [1.82, 2.24) is 15.6 Å². The second-order valence-corrected chi connectivity index (χ2v) is 5.81. The maximum absolute atomic E-state index is 12.0. The van der Waals surface area contributed by atoms with Crippen LogP contribution in [0.2, 0.25) is 15.1 Å². The van der Waals surface area contributed by atoms with Gasteiger partial charge >= 0.3 is 5.97 Å². The van der Waals surface area contributed by atoms with Gasteiger partial charge in [-0.25, -0.2) is 4.79 Å². The van der Waals surface area contributed by atoms with Gasteiger partial charge in [0.2, 0.25) is 0 Å². The molecule has 1 amide bonds. The standard InChI is InChI=1S/C14H10Cl3N3O4/c1-20-3-2-7(4-11(20)21)14(23)24-19-18-13(22)12-9(16)5-8(15)6-10(12)17/h2-6,19H,1H3,(H,18,22). The van der Waals surface area contributed by atoms with Crippen molar-refractivity contribution in [2.24, 2.45) is 7.05 Å². The molecule has 126 valence electrons. The highest BCUT2D eigenvalue weighted by molar-refractivity contribution is 6.42. The highest BCUT2D eigenvalue weighted by Gasteiger charge is 2.16. The maximum atomic E-state index is 12.0. The number of hydrazine groups is 1. The molecule has 1 aromatic heterocycles. The molecule has 0 spiro atoms. The van der Waals surface area contributed by atoms with E-state index in [4.69, 9.17) is 34.8 Å². The van der Waals surface area contributed by atoms with Gasteiger partial charge in [-0.05, 0) is 18.2 Å². The largest absolute Gasteiger partial charge is 0.358 e. The van der Waals surface area contributed by atoms with Crippen molar-refractivity contribution in [3.8, 4) is 0 Å². The van der Waals surface area contributed by atoms with Gasteiger partial charge in [-0.1, -0.05) is 40.4 Å². The molecule has 24 heavy (non-hydrogen) atoms. The zero-order chi connectivity index (χ0) is 17.9. The summed E-state index contributed by atoms with van der Waals surface area (Å²) in [5.41, 5.74) is 3.67. The van der Waals surface area contributed by atoms with Crippen molar-refractivity contribution in [2.45, 2.75) is 0 Å². The third-order valence-electron chi connectivity index (χ3n) is 2.88. The van der Waals surface area contributed by atoms with Gasteiger partial charge in [0.25, 0.3) is 11.5 Å². The zero-order valence-electron chi connectivity index (χ0n) is 12.1. The van der Waals surface area contributed by atoms with E-state index in [-0.39, 0.29) is 31.8 Å². The first-order valence-corrected chi connectivity index (χ1v) is 7.50. The van der Waals surface area contributed by atoms with Crippen molar-refractivity contribution in [3.05, 3.63) is 67.0 Å². The number of amides is 1. The minimum Gasteiger partial charge on any atom is -0.346 e. The SMILES string of the molecule is Cn1ccc(C(=O)ONNC(=O)c2c(Cl)cc(Cl)cc2Cl)cc1=O. The van der Waals surface area contributed by atoms with E-state index in [1.807, 2.05) is 5.59 Å². The molecule has 2 aromatic rings. The lowest BCUT2D eigenvalue weighted by molar-refractivity contribution is 0.0137. The molecule has 1 heterocycles. The number of carbonyl (C=O) groups is 2. The van der Waals surface area contributed by atoms with Crippen molar-refractivity contribution >= 4 is 46.7 Å². The Morgan fingerprint density at radius 1 is 1.12 bits per heavy atom. The fourth-order valence-electron chi connectivity index (χ4n) is 1.67. The Labute approximate surface area is 151 Å². The first-order valence-electron chi connectivity index (χ1n) is 6.37. The molecule has 2 rings (SSSR count). The summed E-state index contributed by atoms with van der Waals surface area (Å²) in [5.74, 6) is -1.60. The van der Waals surface area contributed by atoms with Crippen LogP contribution in [0.1, 0.15) is 20.7 Å². The number of carbonyl (C=O) groups excluding carboxylic acids is 2. The molecule has 0 atom stereocenters. The maximum Gasteiger partial charge on any atom is 0.358 e. The average molecular weight is 391 g/mol. The molecule has 0 aliphatic heterocycles. The summed E-state index contributed by atoms with van der Waals surface area (Å²) in [6.07, 6.45) is 1.41. The first kappa shape index (κ1) is 18.3. The van der Waals surface area contributed by atoms with Gasteiger partial charge in [0.1, 0.15) is 0 Å². The summed E-state index contributed by atoms with van der Waals surface area (Å²) in [6.45, 7) is 0. The molecule has 1 aromatic carbocycles. The van der Waals surface area contributed by atoms with E-state index in [1.54, 1.807) is 0 Å². The average Bonchev–Trinajstić information content (AvgIpc) is 2.48. The van der Waals surface area contributed by atoms with Crippen LogP contribution < -0.4 is 16.6 Å². The van der Waals surface area contributed by atoms with Gasteiger partial charge in [-0.15, -0.1) is 0 Å². The van der Waals surface area contributed by atoms with E-state index in [1.165, 1.54) is 36.0 Å². The van der Waals surface area contributed by atoms with Crippen LogP contribution in [0.3, 0.4) is 0 Å². The molecular weight excluding hydrogens is 381 g/mol. The summed E-state index contributed by atoms with van der Waals surface area (Å²) in [4.78, 5) is 39.8. The van der Waals surface area contributed by atoms with E-state index in [2.05, 4.69) is 10.3 Å². The Bertz CT molecular complexity index is 844. The van der Waals surface area contributed by atoms with Crippen molar-refractivity contribution in [3.63, 3.8) is 0 Å². The minimum atomic E-state index is -0.860. The van der Waals surface area contributed by atoms with Gasteiger partial charge in [-0.3, -0.25) is 15.0 Å². The molecule has 0 aliphatic carbocycles. The number of aromatic nitrogens is 1. The second-order valence-electron chi connectivity index (χ2n) is 4.55. The van der Waals surface area contributed by atoms with Gasteiger partial charge in [0, 0.05) is 24.3 Å². The minimum absolute atomic E-state index is 0.0161. The van der Waals surface area contributed by atoms with E-state index in [9.17, 15) is 14.4 Å². The summed E-state index contributed by atoms with van der Waals surface area (Å²) < 4.78 is 1.29. The summed E-state index contributed by atoms with van der Waals surface area (Å²) in [7, 11) is 1.54. The third-order valence-corrected chi connectivity index (χ3v) is 3.70. The normalized spacial score (nSPS) is 10.3. The van der Waals surface area contributed by atoms with Crippen molar-refractivity contribution in [2.75, 3.05) is 0 Å². The Morgan fingerprint density at radius 2 is 1.75 bits per heavy atom. The molecular formula is C14H10Cl3N3O4. The number of benzene rings is 1. The molecule has 0 saturated carbocycles. The van der Waals surface area contributed by atoms with Crippen molar-refractivity contribution < 1.29 is 14.4 Å². The predicted molar refractivity (Wildman–Crippen MR) is 89.2 cm³/mol. The highest BCUT2D eigenvalue weighted by atomic mass is 35.5.